The third-order valence-electron chi connectivity index (χ3n) is 18.2. The van der Waals surface area contributed by atoms with Crippen LogP contribution in [0.2, 0.25) is 0 Å². The third kappa shape index (κ3) is 22.1. The normalized spacial score (nSPS) is 11.5. The Balaban J connectivity index is 0.000000360. The number of benzene rings is 4. The molecule has 85 heavy (non-hydrogen) atoms. The van der Waals surface area contributed by atoms with Gasteiger partial charge in [0.05, 0.1) is 0 Å². The van der Waals surface area contributed by atoms with Gasteiger partial charge >= 0.3 is 17.1 Å². The maximum atomic E-state index is 2.60. The molecule has 0 bridgehead atoms. The molecule has 0 aliphatic carbocycles. The largest absolute Gasteiger partial charge is 2.00 e. The zero-order valence-corrected chi connectivity index (χ0v) is 59.8. The third-order valence-corrected chi connectivity index (χ3v) is 23.5. The Labute approximate surface area is 539 Å². The Morgan fingerprint density at radius 2 is 0.424 bits per heavy atom. The molecular weight excluding hydrogens is 1100 g/mol. The van der Waals surface area contributed by atoms with Crippen LogP contribution in [0.15, 0.2) is 97.1 Å². The van der Waals surface area contributed by atoms with E-state index < -0.39 is 15.8 Å². The zero-order valence-electron chi connectivity index (χ0n) is 56.9. The summed E-state index contributed by atoms with van der Waals surface area (Å²) in [6.07, 6.45) is 45.5. The van der Waals surface area contributed by atoms with E-state index in [2.05, 4.69) is 180 Å². The summed E-state index contributed by atoms with van der Waals surface area (Å²) in [5.41, 5.74) is 20.3. The summed E-state index contributed by atoms with van der Waals surface area (Å²) in [4.78, 5) is 0. The zero-order chi connectivity index (χ0) is 60.3. The van der Waals surface area contributed by atoms with Gasteiger partial charge in [-0.05, 0) is 258 Å². The Bertz CT molecular complexity index is 2350. The first-order valence-corrected chi connectivity index (χ1v) is 38.6. The van der Waals surface area contributed by atoms with Crippen molar-refractivity contribution in [2.24, 2.45) is 0 Å². The van der Waals surface area contributed by atoms with Gasteiger partial charge in [0.15, 0.2) is 0 Å². The van der Waals surface area contributed by atoms with Crippen molar-refractivity contribution in [3.8, 4) is 0 Å². The Hall–Kier alpha value is -3.04. The van der Waals surface area contributed by atoms with Gasteiger partial charge in [0, 0.05) is 0 Å². The minimum absolute atomic E-state index is 0. The predicted molar refractivity (Wildman–Crippen MR) is 385 cm³/mol. The molecule has 3 heteroatoms. The molecule has 6 aromatic carbocycles. The van der Waals surface area contributed by atoms with Crippen molar-refractivity contribution in [3.63, 3.8) is 0 Å². The molecule has 0 aromatic heterocycles. The van der Waals surface area contributed by atoms with Crippen LogP contribution in [-0.4, -0.2) is 0 Å². The average Bonchev–Trinajstić information content (AvgIpc) is 3.76. The Morgan fingerprint density at radius 3 is 0.600 bits per heavy atom. The molecule has 0 atom stereocenters. The van der Waals surface area contributed by atoms with Crippen molar-refractivity contribution < 1.29 is 17.1 Å². The fourth-order valence-corrected chi connectivity index (χ4v) is 18.7. The minimum atomic E-state index is -0.597. The van der Waals surface area contributed by atoms with Crippen molar-refractivity contribution in [2.75, 3.05) is 0 Å². The number of aryl methyl sites for hydroxylation is 4. The van der Waals surface area contributed by atoms with E-state index in [1.54, 1.807) is 98.6 Å². The summed E-state index contributed by atoms with van der Waals surface area (Å²) in [5.74, 6) is 0. The Kier molecular flexibility index (Phi) is 38.2. The summed E-state index contributed by atoms with van der Waals surface area (Å²) < 4.78 is 0. The molecule has 0 saturated carbocycles. The van der Waals surface area contributed by atoms with Gasteiger partial charge in [0.25, 0.3) is 0 Å². The van der Waals surface area contributed by atoms with Crippen molar-refractivity contribution in [1.29, 1.82) is 0 Å². The first kappa shape index (κ1) is 74.4. The van der Waals surface area contributed by atoms with Gasteiger partial charge < -0.3 is 0 Å². The second kappa shape index (κ2) is 43.6. The van der Waals surface area contributed by atoms with E-state index in [0.29, 0.717) is 0 Å². The van der Waals surface area contributed by atoms with Gasteiger partial charge in [0.1, 0.15) is 0 Å². The Morgan fingerprint density at radius 1 is 0.235 bits per heavy atom. The second-order valence-corrected chi connectivity index (χ2v) is 29.3. The molecule has 0 aliphatic heterocycles. The van der Waals surface area contributed by atoms with E-state index >= 15 is 0 Å². The van der Waals surface area contributed by atoms with E-state index in [1.807, 2.05) is 0 Å². The molecule has 0 saturated heterocycles. The summed E-state index contributed by atoms with van der Waals surface area (Å²) in [7, 11) is -1.19. The maximum Gasteiger partial charge on any atom is 2.00 e. The number of unbranched alkanes of at least 4 members (excludes halogenated alkanes) is 12. The van der Waals surface area contributed by atoms with Gasteiger partial charge in [-0.3, -0.25) is 0 Å². The topological polar surface area (TPSA) is 0 Å². The monoisotopic (exact) mass is 1230 g/mol. The van der Waals surface area contributed by atoms with E-state index in [4.69, 9.17) is 0 Å². The van der Waals surface area contributed by atoms with Gasteiger partial charge in [0.2, 0.25) is 0 Å². The van der Waals surface area contributed by atoms with Crippen LogP contribution in [0.4, 0.5) is 0 Å². The molecule has 6 aromatic rings. The van der Waals surface area contributed by atoms with Crippen LogP contribution in [-0.2, 0) is 94.1 Å². The maximum absolute atomic E-state index is 2.60. The summed E-state index contributed by atoms with van der Waals surface area (Å²) >= 11 is 0. The first-order valence-electron chi connectivity index (χ1n) is 35.9. The predicted octanol–water partition coefficient (Wildman–Crippen LogP) is 22.4. The van der Waals surface area contributed by atoms with Gasteiger partial charge in [-0.25, -0.2) is 24.3 Å². The van der Waals surface area contributed by atoms with Crippen molar-refractivity contribution >= 4 is 47.7 Å². The molecule has 470 valence electrons. The molecule has 0 heterocycles. The molecule has 0 amide bonds. The van der Waals surface area contributed by atoms with Crippen LogP contribution < -0.4 is 31.8 Å². The molecular formula is C82H124FeP2. The molecule has 0 radical (unpaired) electrons. The van der Waals surface area contributed by atoms with Gasteiger partial charge in [-0.1, -0.05) is 209 Å². The summed E-state index contributed by atoms with van der Waals surface area (Å²) in [5, 5.41) is 9.75. The second-order valence-electron chi connectivity index (χ2n) is 25.0. The van der Waals surface area contributed by atoms with Crippen molar-refractivity contribution in [3.05, 3.63) is 164 Å². The molecule has 0 nitrogen and oxygen atoms in total. The fourth-order valence-electron chi connectivity index (χ4n) is 13.2. The van der Waals surface area contributed by atoms with Crippen LogP contribution in [0.3, 0.4) is 0 Å². The molecule has 0 aliphatic rings. The smallest absolute Gasteiger partial charge is 0.213 e. The standard InChI is InChI=1S/2C41H62P.Fe/c2*1-7-13-21-33-29-31-40(38(27-17-11-5)36(33)25-15-9-3)42(35-23-19-20-24-35)41-32-30-34(22-14-8-2)37(26-16-10-4)39(41)28-18-12-6;/h2*19-20,23-24,29-32H,7-18,21-22,25-28H2,1-6H3;/q2*-1;+2. The summed E-state index contributed by atoms with van der Waals surface area (Å²) in [6, 6.07) is 39.5. The van der Waals surface area contributed by atoms with Crippen LogP contribution in [0.25, 0.3) is 0 Å². The minimum Gasteiger partial charge on any atom is -0.213 e. The van der Waals surface area contributed by atoms with Gasteiger partial charge in [-0.2, -0.15) is 24.3 Å². The van der Waals surface area contributed by atoms with E-state index in [1.165, 1.54) is 231 Å². The molecule has 0 unspecified atom stereocenters. The van der Waals surface area contributed by atoms with Crippen molar-refractivity contribution in [2.45, 2.75) is 314 Å². The van der Waals surface area contributed by atoms with Crippen molar-refractivity contribution in [1.82, 2.24) is 0 Å². The fraction of sp³-hybridized carbons (Fsp3) is 0.585. The average molecular weight is 1230 g/mol. The van der Waals surface area contributed by atoms with Crippen LogP contribution in [0.5, 0.6) is 0 Å². The molecule has 0 spiro atoms. The van der Waals surface area contributed by atoms with Crippen LogP contribution in [0, 0.1) is 0 Å². The van der Waals surface area contributed by atoms with E-state index in [0.717, 1.165) is 0 Å². The van der Waals surface area contributed by atoms with Gasteiger partial charge in [-0.15, -0.1) is 10.6 Å². The number of hydrogen-bond acceptors (Lipinski definition) is 0. The quantitative estimate of drug-likeness (QED) is 0.0204. The van der Waals surface area contributed by atoms with E-state index in [9.17, 15) is 0 Å². The van der Waals surface area contributed by atoms with Crippen LogP contribution >= 0.6 is 15.8 Å². The molecule has 0 N–H and O–H groups in total. The number of rotatable bonds is 42. The number of hydrogen-bond donors (Lipinski definition) is 0. The SMILES string of the molecule is CCCCc1ccc(P(c2ccc[cH-]2)c2ccc(CCCC)c(CCCC)c2CCCC)c(CCCC)c1CCCC.CCCCc1ccc(P(c2ccc[cH-]2)c2ccc(CCCC)c(CCCC)c2CCCC)c(CCCC)c1CCCC.[Fe+2]. The molecule has 0 fully saturated rings. The van der Waals surface area contributed by atoms with E-state index in [-0.39, 0.29) is 17.1 Å². The van der Waals surface area contributed by atoms with Crippen LogP contribution in [0.1, 0.15) is 304 Å². The molecule has 6 rings (SSSR count). The summed E-state index contributed by atoms with van der Waals surface area (Å²) in [6.45, 7) is 28.2. The first-order chi connectivity index (χ1) is 41.3.